The third kappa shape index (κ3) is 6.32. The molecule has 28 heavy (non-hydrogen) atoms. The van der Waals surface area contributed by atoms with E-state index in [1.165, 1.54) is 17.0 Å². The van der Waals surface area contributed by atoms with Crippen LogP contribution >= 0.6 is 24.0 Å². The van der Waals surface area contributed by atoms with Crippen molar-refractivity contribution >= 4 is 41.9 Å². The second-order valence-electron chi connectivity index (χ2n) is 6.67. The molecular formula is C19H29FIN5O2. The molecule has 1 saturated heterocycles. The number of carbonyl (C=O) groups excluding carboxylic acids is 2. The predicted molar refractivity (Wildman–Crippen MR) is 118 cm³/mol. The van der Waals surface area contributed by atoms with Gasteiger partial charge in [-0.1, -0.05) is 19.1 Å². The summed E-state index contributed by atoms with van der Waals surface area (Å²) in [6.07, 6.45) is 1.17. The van der Waals surface area contributed by atoms with Crippen LogP contribution < -0.4 is 16.0 Å². The Morgan fingerprint density at radius 2 is 1.89 bits per heavy atom. The minimum absolute atomic E-state index is 0. The van der Waals surface area contributed by atoms with Gasteiger partial charge in [-0.2, -0.15) is 0 Å². The van der Waals surface area contributed by atoms with E-state index in [4.69, 9.17) is 0 Å². The summed E-state index contributed by atoms with van der Waals surface area (Å²) in [5, 5.41) is 9.07. The van der Waals surface area contributed by atoms with E-state index >= 15 is 0 Å². The van der Waals surface area contributed by atoms with Crippen LogP contribution in [-0.2, 0) is 11.3 Å². The number of rotatable bonds is 8. The van der Waals surface area contributed by atoms with Crippen LogP contribution in [0.5, 0.6) is 0 Å². The molecule has 7 nitrogen and oxygen atoms in total. The first-order chi connectivity index (χ1) is 12.9. The number of nitrogens with one attached hydrogen (secondary N) is 3. The lowest BCUT2D eigenvalue weighted by atomic mass is 9.99. The van der Waals surface area contributed by atoms with Crippen molar-refractivity contribution in [3.63, 3.8) is 0 Å². The van der Waals surface area contributed by atoms with Crippen LogP contribution in [0, 0.1) is 5.82 Å². The van der Waals surface area contributed by atoms with E-state index in [-0.39, 0.29) is 41.7 Å². The summed E-state index contributed by atoms with van der Waals surface area (Å²) in [6, 6.07) is 5.89. The highest BCUT2D eigenvalue weighted by atomic mass is 127. The lowest BCUT2D eigenvalue weighted by molar-refractivity contribution is -0.130. The number of nitrogens with zero attached hydrogens (tertiary/aromatic N) is 2. The molecule has 3 N–H and O–H groups in total. The number of guanidine groups is 1. The van der Waals surface area contributed by atoms with Crippen molar-refractivity contribution in [2.45, 2.75) is 45.7 Å². The Hall–Kier alpha value is -1.91. The van der Waals surface area contributed by atoms with Gasteiger partial charge in [-0.05, 0) is 44.4 Å². The number of amides is 3. The van der Waals surface area contributed by atoms with E-state index in [1.54, 1.807) is 19.1 Å². The number of imide groups is 1. The number of urea groups is 1. The molecule has 0 saturated carbocycles. The van der Waals surface area contributed by atoms with Gasteiger partial charge in [0.15, 0.2) is 5.96 Å². The summed E-state index contributed by atoms with van der Waals surface area (Å²) in [4.78, 5) is 30.1. The van der Waals surface area contributed by atoms with Crippen molar-refractivity contribution < 1.29 is 14.0 Å². The van der Waals surface area contributed by atoms with Crippen molar-refractivity contribution in [2.75, 3.05) is 19.6 Å². The van der Waals surface area contributed by atoms with Gasteiger partial charge in [0.25, 0.3) is 5.91 Å². The molecule has 3 amide bonds. The first kappa shape index (κ1) is 24.1. The van der Waals surface area contributed by atoms with Crippen LogP contribution in [0.25, 0.3) is 0 Å². The third-order valence-corrected chi connectivity index (χ3v) is 4.58. The molecule has 1 unspecified atom stereocenters. The molecule has 1 aromatic rings. The standard InChI is InChI=1S/C19H28FN5O2.HI/c1-4-19(3)16(26)25(18(27)24-19)12-6-11-22-17(21-5-2)23-13-14-7-9-15(20)10-8-14;/h7-10H,4-6,11-13H2,1-3H3,(H,24,27)(H2,21,22,23);1H. The second kappa shape index (κ2) is 11.2. The molecule has 0 bridgehead atoms. The SMILES string of the molecule is CCNC(=NCc1ccc(F)cc1)NCCCN1C(=O)NC(C)(CC)C1=O.I. The first-order valence-electron chi connectivity index (χ1n) is 9.30. The number of aliphatic imine (C=N–C) groups is 1. The van der Waals surface area contributed by atoms with Gasteiger partial charge in [0.2, 0.25) is 0 Å². The zero-order valence-corrected chi connectivity index (χ0v) is 18.9. The normalized spacial score (nSPS) is 19.3. The van der Waals surface area contributed by atoms with Crippen molar-refractivity contribution in [1.82, 2.24) is 20.9 Å². The van der Waals surface area contributed by atoms with E-state index in [9.17, 15) is 14.0 Å². The maximum Gasteiger partial charge on any atom is 0.325 e. The highest BCUT2D eigenvalue weighted by Gasteiger charge is 2.45. The fourth-order valence-corrected chi connectivity index (χ4v) is 2.74. The molecular weight excluding hydrogens is 476 g/mol. The Kier molecular flexibility index (Phi) is 9.63. The second-order valence-corrected chi connectivity index (χ2v) is 6.67. The van der Waals surface area contributed by atoms with Crippen LogP contribution in [0.4, 0.5) is 9.18 Å². The molecule has 156 valence electrons. The van der Waals surface area contributed by atoms with Gasteiger partial charge in [0.05, 0.1) is 6.54 Å². The Bertz CT molecular complexity index is 698. The van der Waals surface area contributed by atoms with E-state index in [1.807, 2.05) is 13.8 Å². The van der Waals surface area contributed by atoms with Gasteiger partial charge >= 0.3 is 6.03 Å². The molecule has 0 aliphatic carbocycles. The smallest absolute Gasteiger partial charge is 0.325 e. The summed E-state index contributed by atoms with van der Waals surface area (Å²) >= 11 is 0. The quantitative estimate of drug-likeness (QED) is 0.167. The molecule has 1 aromatic carbocycles. The van der Waals surface area contributed by atoms with Gasteiger partial charge in [-0.15, -0.1) is 24.0 Å². The maximum absolute atomic E-state index is 12.9. The number of benzene rings is 1. The number of halogens is 2. The van der Waals surface area contributed by atoms with Crippen LogP contribution in [0.3, 0.4) is 0 Å². The highest BCUT2D eigenvalue weighted by Crippen LogP contribution is 2.20. The number of carbonyl (C=O) groups is 2. The Morgan fingerprint density at radius 3 is 2.46 bits per heavy atom. The zero-order valence-electron chi connectivity index (χ0n) is 16.5. The molecule has 1 aliphatic heterocycles. The summed E-state index contributed by atoms with van der Waals surface area (Å²) < 4.78 is 12.9. The fourth-order valence-electron chi connectivity index (χ4n) is 2.74. The van der Waals surface area contributed by atoms with Crippen LogP contribution in [-0.4, -0.2) is 48.0 Å². The summed E-state index contributed by atoms with van der Waals surface area (Å²) in [5.41, 5.74) is 0.113. The highest BCUT2D eigenvalue weighted by molar-refractivity contribution is 14.0. The molecule has 1 heterocycles. The average molecular weight is 505 g/mol. The van der Waals surface area contributed by atoms with Crippen molar-refractivity contribution in [3.05, 3.63) is 35.6 Å². The fraction of sp³-hybridized carbons (Fsp3) is 0.526. The van der Waals surface area contributed by atoms with E-state index in [0.29, 0.717) is 45.0 Å². The molecule has 1 fully saturated rings. The lowest BCUT2D eigenvalue weighted by Crippen LogP contribution is -2.43. The van der Waals surface area contributed by atoms with Gasteiger partial charge in [0, 0.05) is 19.6 Å². The average Bonchev–Trinajstić information content (AvgIpc) is 2.87. The summed E-state index contributed by atoms with van der Waals surface area (Å²) in [7, 11) is 0. The van der Waals surface area contributed by atoms with Crippen LogP contribution in [0.1, 0.15) is 39.2 Å². The minimum atomic E-state index is -0.796. The van der Waals surface area contributed by atoms with Crippen molar-refractivity contribution in [3.8, 4) is 0 Å². The predicted octanol–water partition coefficient (Wildman–Crippen LogP) is 2.61. The first-order valence-corrected chi connectivity index (χ1v) is 9.30. The van der Waals surface area contributed by atoms with E-state index < -0.39 is 5.54 Å². The number of hydrogen-bond acceptors (Lipinski definition) is 3. The summed E-state index contributed by atoms with van der Waals surface area (Å²) in [6.45, 7) is 7.64. The van der Waals surface area contributed by atoms with E-state index in [2.05, 4.69) is 20.9 Å². The number of hydrogen-bond donors (Lipinski definition) is 3. The van der Waals surface area contributed by atoms with Gasteiger partial charge < -0.3 is 16.0 Å². The molecule has 0 radical (unpaired) electrons. The topological polar surface area (TPSA) is 85.8 Å². The zero-order chi connectivity index (χ0) is 19.9. The molecule has 0 spiro atoms. The van der Waals surface area contributed by atoms with E-state index in [0.717, 1.165) is 5.56 Å². The Morgan fingerprint density at radius 1 is 1.21 bits per heavy atom. The van der Waals surface area contributed by atoms with Gasteiger partial charge in [-0.3, -0.25) is 9.69 Å². The lowest BCUT2D eigenvalue weighted by Gasteiger charge is -2.19. The van der Waals surface area contributed by atoms with Gasteiger partial charge in [-0.25, -0.2) is 14.2 Å². The summed E-state index contributed by atoms with van der Waals surface area (Å²) in [5.74, 6) is 0.191. The monoisotopic (exact) mass is 505 g/mol. The Labute approximate surface area is 182 Å². The molecule has 1 aliphatic rings. The largest absolute Gasteiger partial charge is 0.357 e. The van der Waals surface area contributed by atoms with Crippen molar-refractivity contribution in [1.29, 1.82) is 0 Å². The Balaban J connectivity index is 0.00000392. The van der Waals surface area contributed by atoms with Crippen molar-refractivity contribution in [2.24, 2.45) is 4.99 Å². The molecule has 9 heteroatoms. The molecule has 1 atom stereocenters. The van der Waals surface area contributed by atoms with Gasteiger partial charge in [0.1, 0.15) is 11.4 Å². The maximum atomic E-state index is 12.9. The minimum Gasteiger partial charge on any atom is -0.357 e. The third-order valence-electron chi connectivity index (χ3n) is 4.58. The molecule has 2 rings (SSSR count). The molecule has 0 aromatic heterocycles. The van der Waals surface area contributed by atoms with Crippen LogP contribution in [0.2, 0.25) is 0 Å². The van der Waals surface area contributed by atoms with Crippen LogP contribution in [0.15, 0.2) is 29.3 Å².